The van der Waals surface area contributed by atoms with Gasteiger partial charge in [-0.05, 0) is 31.1 Å². The van der Waals surface area contributed by atoms with Gasteiger partial charge >= 0.3 is 5.97 Å². The minimum Gasteiger partial charge on any atom is -0.480 e. The van der Waals surface area contributed by atoms with Crippen LogP contribution in [0.4, 0.5) is 0 Å². The van der Waals surface area contributed by atoms with Crippen molar-refractivity contribution < 1.29 is 14.7 Å². The third-order valence-corrected chi connectivity index (χ3v) is 4.11. The summed E-state index contributed by atoms with van der Waals surface area (Å²) >= 11 is 11.7. The van der Waals surface area contributed by atoms with Gasteiger partial charge in [-0.2, -0.15) is 0 Å². The van der Waals surface area contributed by atoms with Crippen LogP contribution < -0.4 is 5.84 Å². The zero-order valence-electron chi connectivity index (χ0n) is 11.7. The number of carboxylic acid groups (broad SMARTS) is 1. The predicted molar refractivity (Wildman–Crippen MR) is 83.1 cm³/mol. The average molecular weight is 335 g/mol. The summed E-state index contributed by atoms with van der Waals surface area (Å²) in [4.78, 5) is 22.1. The van der Waals surface area contributed by atoms with E-state index in [9.17, 15) is 14.7 Å². The van der Waals surface area contributed by atoms with E-state index in [-0.39, 0.29) is 6.42 Å². The molecule has 0 heterocycles. The maximum atomic E-state index is 11.4. The molecule has 0 bridgehead atoms. The summed E-state index contributed by atoms with van der Waals surface area (Å²) < 4.78 is 0. The molecule has 1 amide bonds. The van der Waals surface area contributed by atoms with Gasteiger partial charge in [-0.15, -0.1) is 23.2 Å². The molecule has 3 N–H and O–H groups in total. The Balaban J connectivity index is 2.95. The van der Waals surface area contributed by atoms with Gasteiger partial charge in [-0.3, -0.25) is 9.80 Å². The molecule has 0 aromatic heterocycles. The van der Waals surface area contributed by atoms with Crippen molar-refractivity contribution in [3.05, 3.63) is 23.8 Å². The molecule has 0 saturated heterocycles. The van der Waals surface area contributed by atoms with E-state index in [1.165, 1.54) is 0 Å². The number of carbonyl (C=O) groups is 2. The minimum atomic E-state index is -1.12. The maximum Gasteiger partial charge on any atom is 0.328 e. The third kappa shape index (κ3) is 5.02. The molecule has 2 atom stereocenters. The van der Waals surface area contributed by atoms with E-state index in [0.717, 1.165) is 12.0 Å². The first-order chi connectivity index (χ1) is 9.98. The highest BCUT2D eigenvalue weighted by molar-refractivity contribution is 6.18. The normalized spacial score (nSPS) is 22.5. The first-order valence-electron chi connectivity index (χ1n) is 6.68. The van der Waals surface area contributed by atoms with Gasteiger partial charge in [0.15, 0.2) is 0 Å². The molecule has 0 fully saturated rings. The molecule has 0 aromatic carbocycles. The van der Waals surface area contributed by atoms with Crippen molar-refractivity contribution in [2.75, 3.05) is 11.8 Å². The number of nitrogens with zero attached hydrogens (tertiary/aromatic N) is 1. The van der Waals surface area contributed by atoms with Crippen LogP contribution in [0.5, 0.6) is 0 Å². The van der Waals surface area contributed by atoms with Crippen molar-refractivity contribution >= 4 is 35.6 Å². The SMILES string of the molecule is NN(C=O)[C@@H](CC1(CCCl)C=CC=C(CCCl)C1)C(=O)O. The third-order valence-electron chi connectivity index (χ3n) is 3.74. The van der Waals surface area contributed by atoms with E-state index in [2.05, 4.69) is 0 Å². The lowest BCUT2D eigenvalue weighted by molar-refractivity contribution is -0.147. The van der Waals surface area contributed by atoms with Crippen molar-refractivity contribution in [2.45, 2.75) is 31.7 Å². The zero-order chi connectivity index (χ0) is 15.9. The summed E-state index contributed by atoms with van der Waals surface area (Å²) in [6.45, 7) is 0. The Hall–Kier alpha value is -1.04. The van der Waals surface area contributed by atoms with Crippen LogP contribution in [0.3, 0.4) is 0 Å². The highest BCUT2D eigenvalue weighted by Crippen LogP contribution is 2.41. The van der Waals surface area contributed by atoms with Crippen molar-refractivity contribution in [2.24, 2.45) is 11.3 Å². The Kier molecular flexibility index (Phi) is 7.22. The lowest BCUT2D eigenvalue weighted by Crippen LogP contribution is -2.48. The zero-order valence-corrected chi connectivity index (χ0v) is 13.2. The van der Waals surface area contributed by atoms with E-state index in [1.54, 1.807) is 0 Å². The number of amides is 1. The van der Waals surface area contributed by atoms with Gasteiger partial charge in [0.25, 0.3) is 0 Å². The Morgan fingerprint density at radius 3 is 2.76 bits per heavy atom. The van der Waals surface area contributed by atoms with Crippen molar-refractivity contribution in [1.82, 2.24) is 5.01 Å². The second-order valence-electron chi connectivity index (χ2n) is 5.21. The monoisotopic (exact) mass is 334 g/mol. The summed E-state index contributed by atoms with van der Waals surface area (Å²) in [6, 6.07) is -1.08. The summed E-state index contributed by atoms with van der Waals surface area (Å²) in [5, 5.41) is 9.98. The number of rotatable bonds is 9. The van der Waals surface area contributed by atoms with E-state index >= 15 is 0 Å². The molecule has 1 rings (SSSR count). The molecule has 0 aromatic rings. The van der Waals surface area contributed by atoms with E-state index in [1.807, 2.05) is 18.2 Å². The van der Waals surface area contributed by atoms with Crippen LogP contribution in [0.25, 0.3) is 0 Å². The quantitative estimate of drug-likeness (QED) is 0.223. The Morgan fingerprint density at radius 2 is 2.24 bits per heavy atom. The number of nitrogens with two attached hydrogens (primary N) is 1. The highest BCUT2D eigenvalue weighted by atomic mass is 35.5. The Bertz CT molecular complexity index is 440. The molecule has 7 heteroatoms. The van der Waals surface area contributed by atoms with E-state index < -0.39 is 17.4 Å². The maximum absolute atomic E-state index is 11.4. The molecule has 1 unspecified atom stereocenters. The van der Waals surface area contributed by atoms with Gasteiger partial charge < -0.3 is 5.11 Å². The number of hydrazine groups is 1. The van der Waals surface area contributed by atoms with Crippen LogP contribution in [-0.4, -0.2) is 40.3 Å². The van der Waals surface area contributed by atoms with Crippen LogP contribution in [0.2, 0.25) is 0 Å². The first kappa shape index (κ1) is 18.0. The molecule has 0 aliphatic heterocycles. The van der Waals surface area contributed by atoms with Crippen LogP contribution in [0.15, 0.2) is 23.8 Å². The van der Waals surface area contributed by atoms with Crippen LogP contribution in [0, 0.1) is 5.41 Å². The molecule has 0 saturated carbocycles. The number of allylic oxidation sites excluding steroid dienone is 4. The fourth-order valence-corrected chi connectivity index (χ4v) is 3.25. The lowest BCUT2D eigenvalue weighted by Gasteiger charge is -2.36. The number of carbonyl (C=O) groups excluding carboxylic acids is 1. The molecule has 0 radical (unpaired) electrons. The summed E-state index contributed by atoms with van der Waals surface area (Å²) in [5.41, 5.74) is 0.734. The molecular weight excluding hydrogens is 315 g/mol. The predicted octanol–water partition coefficient (Wildman–Crippen LogP) is 2.29. The number of halogens is 2. The van der Waals surface area contributed by atoms with Crippen LogP contribution >= 0.6 is 23.2 Å². The topological polar surface area (TPSA) is 83.6 Å². The van der Waals surface area contributed by atoms with Gasteiger partial charge in [0.05, 0.1) is 0 Å². The largest absolute Gasteiger partial charge is 0.480 e. The number of alkyl halides is 2. The van der Waals surface area contributed by atoms with Crippen molar-refractivity contribution in [1.29, 1.82) is 0 Å². The second kappa shape index (κ2) is 8.41. The number of carboxylic acids is 1. The van der Waals surface area contributed by atoms with Crippen molar-refractivity contribution in [3.63, 3.8) is 0 Å². The smallest absolute Gasteiger partial charge is 0.328 e. The molecule has 0 spiro atoms. The summed E-state index contributed by atoms with van der Waals surface area (Å²) in [6.07, 6.45) is 8.44. The van der Waals surface area contributed by atoms with Gasteiger partial charge in [-0.25, -0.2) is 10.6 Å². The molecular formula is C14H20Cl2N2O3. The number of hydrogen-bond acceptors (Lipinski definition) is 3. The average Bonchev–Trinajstić information content (AvgIpc) is 2.45. The van der Waals surface area contributed by atoms with Crippen molar-refractivity contribution in [3.8, 4) is 0 Å². The fourth-order valence-electron chi connectivity index (χ4n) is 2.63. The highest BCUT2D eigenvalue weighted by Gasteiger charge is 2.36. The standard InChI is InChI=1S/C14H20Cl2N2O3/c15-6-3-11-2-1-4-14(8-11,5-7-16)9-12(13(20)21)18(17)10-19/h1-2,4,10,12H,3,5-9,17H2,(H,20,21)/t12-,14?/m0/s1. The molecule has 21 heavy (non-hydrogen) atoms. The second-order valence-corrected chi connectivity index (χ2v) is 5.97. The first-order valence-corrected chi connectivity index (χ1v) is 7.75. The fraction of sp³-hybridized carbons (Fsp3) is 0.571. The molecule has 5 nitrogen and oxygen atoms in total. The minimum absolute atomic E-state index is 0.223. The summed E-state index contributed by atoms with van der Waals surface area (Å²) in [5.74, 6) is 5.26. The van der Waals surface area contributed by atoms with Crippen LogP contribution in [0.1, 0.15) is 25.7 Å². The van der Waals surface area contributed by atoms with Crippen LogP contribution in [-0.2, 0) is 9.59 Å². The van der Waals surface area contributed by atoms with Gasteiger partial charge in [0, 0.05) is 11.8 Å². The number of hydrogen-bond donors (Lipinski definition) is 2. The van der Waals surface area contributed by atoms with E-state index in [4.69, 9.17) is 29.0 Å². The van der Waals surface area contributed by atoms with E-state index in [0.29, 0.717) is 36.0 Å². The molecule has 1 aliphatic carbocycles. The Morgan fingerprint density at radius 1 is 1.52 bits per heavy atom. The molecule has 118 valence electrons. The lowest BCUT2D eigenvalue weighted by atomic mass is 9.71. The van der Waals surface area contributed by atoms with Gasteiger partial charge in [0.1, 0.15) is 6.04 Å². The van der Waals surface area contributed by atoms with Gasteiger partial charge in [0.2, 0.25) is 6.41 Å². The number of aliphatic carboxylic acids is 1. The van der Waals surface area contributed by atoms with Gasteiger partial charge in [-0.1, -0.05) is 23.8 Å². The summed E-state index contributed by atoms with van der Waals surface area (Å²) in [7, 11) is 0. The Labute approximate surface area is 134 Å². The molecule has 1 aliphatic rings.